The molecule has 1 atom stereocenters. The smallest absolute Gasteiger partial charge is 0.272 e. The third kappa shape index (κ3) is 3.53. The molecule has 1 N–H and O–H groups in total. The van der Waals surface area contributed by atoms with Crippen LogP contribution in [0.4, 0.5) is 5.69 Å². The predicted molar refractivity (Wildman–Crippen MR) is 83.6 cm³/mol. The Kier molecular flexibility index (Phi) is 5.56. The van der Waals surface area contributed by atoms with Crippen LogP contribution in [0.5, 0.6) is 0 Å². The Balaban J connectivity index is 2.22. The largest absolute Gasteiger partial charge is 0.394 e. The predicted octanol–water partition coefficient (Wildman–Crippen LogP) is 1.91. The molecule has 0 saturated carbocycles. The second-order valence-electron chi connectivity index (χ2n) is 5.40. The number of aliphatic hydroxyl groups is 1. The van der Waals surface area contributed by atoms with E-state index < -0.39 is 0 Å². The van der Waals surface area contributed by atoms with Gasteiger partial charge >= 0.3 is 0 Å². The Morgan fingerprint density at radius 3 is 2.86 bits per heavy atom. The monoisotopic (exact) mass is 291 g/mol. The highest BCUT2D eigenvalue weighted by atomic mass is 16.3. The second-order valence-corrected chi connectivity index (χ2v) is 5.40. The number of carbonyl (C=O) groups is 1. The van der Waals surface area contributed by atoms with Crippen LogP contribution in [0.25, 0.3) is 0 Å². The molecule has 1 aromatic rings. The van der Waals surface area contributed by atoms with E-state index in [4.69, 9.17) is 0 Å². The summed E-state index contributed by atoms with van der Waals surface area (Å²) >= 11 is 0. The molecule has 1 saturated heterocycles. The van der Waals surface area contributed by atoms with Gasteiger partial charge in [0.05, 0.1) is 12.6 Å². The van der Waals surface area contributed by atoms with Gasteiger partial charge < -0.3 is 14.9 Å². The molecule has 5 heteroatoms. The molecule has 5 nitrogen and oxygen atoms in total. The van der Waals surface area contributed by atoms with Gasteiger partial charge in [0, 0.05) is 31.5 Å². The van der Waals surface area contributed by atoms with Crippen molar-refractivity contribution in [1.82, 2.24) is 9.88 Å². The molecule has 1 amide bonds. The summed E-state index contributed by atoms with van der Waals surface area (Å²) in [5, 5.41) is 9.53. The number of nitrogens with zero attached hydrogens (tertiary/aromatic N) is 3. The summed E-state index contributed by atoms with van der Waals surface area (Å²) < 4.78 is 0. The SMILES string of the molecule is CCN(CC)C(=O)c1cc(N2CCCCC2CO)ccn1. The number of hydrogen-bond acceptors (Lipinski definition) is 4. The molecule has 116 valence electrons. The Hall–Kier alpha value is -1.62. The normalized spacial score (nSPS) is 18.6. The summed E-state index contributed by atoms with van der Waals surface area (Å²) in [5.41, 5.74) is 1.47. The van der Waals surface area contributed by atoms with Crippen LogP contribution in [-0.4, -0.2) is 53.2 Å². The summed E-state index contributed by atoms with van der Waals surface area (Å²) in [6.45, 7) is 6.39. The second kappa shape index (κ2) is 7.41. The van der Waals surface area contributed by atoms with Gasteiger partial charge in [0.25, 0.3) is 5.91 Å². The Labute approximate surface area is 126 Å². The summed E-state index contributed by atoms with van der Waals surface area (Å²) in [6, 6.07) is 3.93. The van der Waals surface area contributed by atoms with E-state index in [1.165, 1.54) is 0 Å². The molecule has 0 bridgehead atoms. The molecule has 21 heavy (non-hydrogen) atoms. The van der Waals surface area contributed by atoms with Gasteiger partial charge in [0.2, 0.25) is 0 Å². The number of anilines is 1. The molecule has 1 unspecified atom stereocenters. The molecule has 2 heterocycles. The van der Waals surface area contributed by atoms with Crippen molar-refractivity contribution in [3.63, 3.8) is 0 Å². The van der Waals surface area contributed by atoms with Gasteiger partial charge in [-0.1, -0.05) is 0 Å². The zero-order valence-electron chi connectivity index (χ0n) is 13.0. The molecule has 1 aliphatic heterocycles. The van der Waals surface area contributed by atoms with Crippen molar-refractivity contribution < 1.29 is 9.90 Å². The van der Waals surface area contributed by atoms with Crippen LogP contribution in [-0.2, 0) is 0 Å². The van der Waals surface area contributed by atoms with Crippen molar-refractivity contribution in [1.29, 1.82) is 0 Å². The van der Waals surface area contributed by atoms with E-state index in [-0.39, 0.29) is 18.6 Å². The fraction of sp³-hybridized carbons (Fsp3) is 0.625. The van der Waals surface area contributed by atoms with E-state index in [1.807, 2.05) is 26.0 Å². The van der Waals surface area contributed by atoms with Crippen molar-refractivity contribution in [3.8, 4) is 0 Å². The van der Waals surface area contributed by atoms with Gasteiger partial charge in [-0.25, -0.2) is 0 Å². The molecule has 0 aliphatic carbocycles. The third-order valence-corrected chi connectivity index (χ3v) is 4.18. The first-order chi connectivity index (χ1) is 10.2. The van der Waals surface area contributed by atoms with Crippen molar-refractivity contribution >= 4 is 11.6 Å². The highest BCUT2D eigenvalue weighted by Gasteiger charge is 2.23. The van der Waals surface area contributed by atoms with E-state index in [0.29, 0.717) is 18.8 Å². The maximum atomic E-state index is 12.4. The fourth-order valence-corrected chi connectivity index (χ4v) is 2.92. The summed E-state index contributed by atoms with van der Waals surface area (Å²) in [7, 11) is 0. The number of amides is 1. The molecular formula is C16H25N3O2. The van der Waals surface area contributed by atoms with Crippen LogP contribution in [0.2, 0.25) is 0 Å². The summed E-state index contributed by atoms with van der Waals surface area (Å²) in [6.07, 6.45) is 4.96. The molecule has 0 aromatic carbocycles. The van der Waals surface area contributed by atoms with Gasteiger partial charge in [-0.15, -0.1) is 0 Å². The standard InChI is InChI=1S/C16H25N3O2/c1-3-18(4-2)16(21)15-11-13(8-9-17-15)19-10-6-5-7-14(19)12-20/h8-9,11,14,20H,3-7,10,12H2,1-2H3. The number of hydrogen-bond donors (Lipinski definition) is 1. The Morgan fingerprint density at radius 1 is 1.43 bits per heavy atom. The average molecular weight is 291 g/mol. The zero-order valence-corrected chi connectivity index (χ0v) is 13.0. The van der Waals surface area contributed by atoms with E-state index in [0.717, 1.165) is 31.5 Å². The van der Waals surface area contributed by atoms with Crippen molar-refractivity contribution in [2.45, 2.75) is 39.2 Å². The number of aliphatic hydroxyl groups excluding tert-OH is 1. The van der Waals surface area contributed by atoms with Crippen molar-refractivity contribution in [2.75, 3.05) is 31.1 Å². The molecule has 1 aliphatic rings. The number of carbonyl (C=O) groups excluding carboxylic acids is 1. The zero-order chi connectivity index (χ0) is 15.2. The van der Waals surface area contributed by atoms with Crippen molar-refractivity contribution in [3.05, 3.63) is 24.0 Å². The third-order valence-electron chi connectivity index (χ3n) is 4.18. The number of piperidine rings is 1. The lowest BCUT2D eigenvalue weighted by Crippen LogP contribution is -2.42. The number of aromatic nitrogens is 1. The van der Waals surface area contributed by atoms with E-state index in [9.17, 15) is 9.90 Å². The van der Waals surface area contributed by atoms with Crippen LogP contribution in [0.3, 0.4) is 0 Å². The van der Waals surface area contributed by atoms with E-state index >= 15 is 0 Å². The van der Waals surface area contributed by atoms with E-state index in [2.05, 4.69) is 9.88 Å². The molecule has 2 rings (SSSR count). The lowest BCUT2D eigenvalue weighted by molar-refractivity contribution is 0.0767. The van der Waals surface area contributed by atoms with Crippen LogP contribution >= 0.6 is 0 Å². The fourth-order valence-electron chi connectivity index (χ4n) is 2.92. The number of pyridine rings is 1. The topological polar surface area (TPSA) is 56.7 Å². The first-order valence-corrected chi connectivity index (χ1v) is 7.84. The molecule has 1 fully saturated rings. The maximum absolute atomic E-state index is 12.4. The maximum Gasteiger partial charge on any atom is 0.272 e. The van der Waals surface area contributed by atoms with Gasteiger partial charge in [-0.3, -0.25) is 9.78 Å². The highest BCUT2D eigenvalue weighted by Crippen LogP contribution is 2.25. The van der Waals surface area contributed by atoms with Gasteiger partial charge in [-0.05, 0) is 45.2 Å². The lowest BCUT2D eigenvalue weighted by Gasteiger charge is -2.36. The van der Waals surface area contributed by atoms with Crippen LogP contribution in [0.15, 0.2) is 18.3 Å². The van der Waals surface area contributed by atoms with Crippen LogP contribution in [0.1, 0.15) is 43.6 Å². The average Bonchev–Trinajstić information content (AvgIpc) is 2.56. The summed E-state index contributed by atoms with van der Waals surface area (Å²) in [5.74, 6) is -0.0283. The highest BCUT2D eigenvalue weighted by molar-refractivity contribution is 5.93. The van der Waals surface area contributed by atoms with Crippen molar-refractivity contribution in [2.24, 2.45) is 0 Å². The lowest BCUT2D eigenvalue weighted by atomic mass is 10.0. The Morgan fingerprint density at radius 2 is 2.19 bits per heavy atom. The molecule has 1 aromatic heterocycles. The van der Waals surface area contributed by atoms with E-state index in [1.54, 1.807) is 11.1 Å². The van der Waals surface area contributed by atoms with Crippen LogP contribution < -0.4 is 4.90 Å². The van der Waals surface area contributed by atoms with Gasteiger partial charge in [0.15, 0.2) is 0 Å². The quantitative estimate of drug-likeness (QED) is 0.900. The Bertz CT molecular complexity index is 474. The minimum Gasteiger partial charge on any atom is -0.394 e. The first kappa shape index (κ1) is 15.8. The van der Waals surface area contributed by atoms with Crippen LogP contribution in [0, 0.1) is 0 Å². The first-order valence-electron chi connectivity index (χ1n) is 7.84. The molecule has 0 radical (unpaired) electrons. The number of rotatable bonds is 5. The minimum atomic E-state index is -0.0283. The van der Waals surface area contributed by atoms with Gasteiger partial charge in [-0.2, -0.15) is 0 Å². The molecular weight excluding hydrogens is 266 g/mol. The summed E-state index contributed by atoms with van der Waals surface area (Å²) in [4.78, 5) is 20.6. The van der Waals surface area contributed by atoms with Gasteiger partial charge in [0.1, 0.15) is 5.69 Å². The molecule has 0 spiro atoms. The minimum absolute atomic E-state index is 0.0283.